The topological polar surface area (TPSA) is 17.1 Å². The molecule has 0 spiro atoms. The van der Waals surface area contributed by atoms with E-state index in [2.05, 4.69) is 6.92 Å². The summed E-state index contributed by atoms with van der Waals surface area (Å²) in [6.45, 7) is 2.25. The molecule has 12 heavy (non-hydrogen) atoms. The number of carbonyl (C=O) groups excluding carboxylic acids is 1. The Labute approximate surface area is 75.5 Å². The Balaban J connectivity index is 2.12. The first-order valence-corrected chi connectivity index (χ1v) is 5.32. The van der Waals surface area contributed by atoms with Crippen molar-refractivity contribution in [2.75, 3.05) is 0 Å². The van der Waals surface area contributed by atoms with Gasteiger partial charge in [-0.2, -0.15) is 0 Å². The van der Waals surface area contributed by atoms with Crippen LogP contribution in [0, 0.1) is 11.8 Å². The molecule has 1 aliphatic carbocycles. The highest BCUT2D eigenvalue weighted by atomic mass is 16.1. The maximum absolute atomic E-state index is 10.5. The summed E-state index contributed by atoms with van der Waals surface area (Å²) in [5.74, 6) is 1.32. The molecule has 1 heteroatoms. The van der Waals surface area contributed by atoms with Gasteiger partial charge in [0.05, 0.1) is 0 Å². The molecule has 0 aromatic rings. The first-order valence-electron chi connectivity index (χ1n) is 5.32. The van der Waals surface area contributed by atoms with E-state index in [9.17, 15) is 4.79 Å². The maximum atomic E-state index is 10.5. The molecule has 0 heterocycles. The fraction of sp³-hybridized carbons (Fsp3) is 0.909. The van der Waals surface area contributed by atoms with Crippen LogP contribution in [-0.2, 0) is 4.79 Å². The van der Waals surface area contributed by atoms with Crippen molar-refractivity contribution >= 4 is 6.29 Å². The van der Waals surface area contributed by atoms with E-state index in [1.165, 1.54) is 32.1 Å². The van der Waals surface area contributed by atoms with Crippen LogP contribution in [-0.4, -0.2) is 6.29 Å². The van der Waals surface area contributed by atoms with Gasteiger partial charge in [0.1, 0.15) is 6.29 Å². The molecule has 0 aromatic heterocycles. The standard InChI is InChI=1S/C11H20O/c1-2-3-4-10-5-7-11(9-12)8-6-10/h9-11H,2-8H2,1H3/t10-,11-. The zero-order valence-corrected chi connectivity index (χ0v) is 8.09. The van der Waals surface area contributed by atoms with E-state index in [1.807, 2.05) is 0 Å². The normalized spacial score (nSPS) is 30.1. The van der Waals surface area contributed by atoms with Gasteiger partial charge >= 0.3 is 0 Å². The third-order valence-corrected chi connectivity index (χ3v) is 3.05. The summed E-state index contributed by atoms with van der Waals surface area (Å²) in [4.78, 5) is 10.5. The molecule has 0 amide bonds. The summed E-state index contributed by atoms with van der Waals surface area (Å²) >= 11 is 0. The molecule has 0 unspecified atom stereocenters. The van der Waals surface area contributed by atoms with Gasteiger partial charge in [0.25, 0.3) is 0 Å². The van der Waals surface area contributed by atoms with Crippen LogP contribution < -0.4 is 0 Å². The molecule has 1 nitrogen and oxygen atoms in total. The lowest BCUT2D eigenvalue weighted by Gasteiger charge is -2.24. The number of carbonyl (C=O) groups is 1. The average molecular weight is 168 g/mol. The van der Waals surface area contributed by atoms with Crippen LogP contribution in [0.1, 0.15) is 51.9 Å². The summed E-state index contributed by atoms with van der Waals surface area (Å²) in [5, 5.41) is 0. The Morgan fingerprint density at radius 2 is 1.92 bits per heavy atom. The number of hydrogen-bond donors (Lipinski definition) is 0. The molecular formula is C11H20O. The molecule has 0 aromatic carbocycles. The third kappa shape index (κ3) is 2.96. The molecule has 0 aliphatic heterocycles. The molecular weight excluding hydrogens is 148 g/mol. The van der Waals surface area contributed by atoms with Gasteiger partial charge in [0, 0.05) is 5.92 Å². The van der Waals surface area contributed by atoms with Gasteiger partial charge in [-0.3, -0.25) is 0 Å². The molecule has 1 aliphatic rings. The molecule has 0 atom stereocenters. The zero-order chi connectivity index (χ0) is 8.81. The van der Waals surface area contributed by atoms with Gasteiger partial charge in [-0.15, -0.1) is 0 Å². The second kappa shape index (κ2) is 5.34. The van der Waals surface area contributed by atoms with Crippen LogP contribution in [0.25, 0.3) is 0 Å². The van der Waals surface area contributed by atoms with Gasteiger partial charge in [0.15, 0.2) is 0 Å². The Morgan fingerprint density at radius 1 is 1.25 bits per heavy atom. The predicted octanol–water partition coefficient (Wildman–Crippen LogP) is 3.18. The fourth-order valence-electron chi connectivity index (χ4n) is 2.11. The first kappa shape index (κ1) is 9.76. The largest absolute Gasteiger partial charge is 0.303 e. The molecule has 0 bridgehead atoms. The van der Waals surface area contributed by atoms with E-state index in [0.717, 1.165) is 25.0 Å². The third-order valence-electron chi connectivity index (χ3n) is 3.05. The van der Waals surface area contributed by atoms with Crippen LogP contribution in [0.2, 0.25) is 0 Å². The lowest BCUT2D eigenvalue weighted by molar-refractivity contribution is -0.112. The molecule has 70 valence electrons. The monoisotopic (exact) mass is 168 g/mol. The van der Waals surface area contributed by atoms with Crippen molar-refractivity contribution in [2.45, 2.75) is 51.9 Å². The van der Waals surface area contributed by atoms with Crippen molar-refractivity contribution in [2.24, 2.45) is 11.8 Å². The highest BCUT2D eigenvalue weighted by Gasteiger charge is 2.19. The molecule has 0 radical (unpaired) electrons. The van der Waals surface area contributed by atoms with E-state index in [4.69, 9.17) is 0 Å². The number of unbranched alkanes of at least 4 members (excludes halogenated alkanes) is 1. The van der Waals surface area contributed by atoms with Gasteiger partial charge < -0.3 is 4.79 Å². The molecule has 1 fully saturated rings. The van der Waals surface area contributed by atoms with E-state index in [-0.39, 0.29) is 0 Å². The van der Waals surface area contributed by atoms with Crippen molar-refractivity contribution in [1.82, 2.24) is 0 Å². The average Bonchev–Trinajstić information content (AvgIpc) is 2.15. The van der Waals surface area contributed by atoms with Crippen molar-refractivity contribution in [3.05, 3.63) is 0 Å². The Morgan fingerprint density at radius 3 is 2.42 bits per heavy atom. The lowest BCUT2D eigenvalue weighted by atomic mass is 9.80. The molecule has 1 saturated carbocycles. The van der Waals surface area contributed by atoms with Crippen LogP contribution in [0.5, 0.6) is 0 Å². The van der Waals surface area contributed by atoms with Gasteiger partial charge in [0.2, 0.25) is 0 Å². The van der Waals surface area contributed by atoms with E-state index < -0.39 is 0 Å². The zero-order valence-electron chi connectivity index (χ0n) is 8.09. The highest BCUT2D eigenvalue weighted by molar-refractivity contribution is 5.53. The second-order valence-electron chi connectivity index (χ2n) is 4.06. The van der Waals surface area contributed by atoms with Crippen molar-refractivity contribution in [3.63, 3.8) is 0 Å². The quantitative estimate of drug-likeness (QED) is 0.589. The smallest absolute Gasteiger partial charge is 0.123 e. The minimum Gasteiger partial charge on any atom is -0.303 e. The lowest BCUT2D eigenvalue weighted by Crippen LogP contribution is -2.15. The molecule has 1 rings (SSSR count). The highest BCUT2D eigenvalue weighted by Crippen LogP contribution is 2.30. The Bertz CT molecular complexity index is 123. The predicted molar refractivity (Wildman–Crippen MR) is 51.0 cm³/mol. The first-order chi connectivity index (χ1) is 5.86. The van der Waals surface area contributed by atoms with E-state index >= 15 is 0 Å². The summed E-state index contributed by atoms with van der Waals surface area (Å²) in [5.41, 5.74) is 0. The maximum Gasteiger partial charge on any atom is 0.123 e. The SMILES string of the molecule is CCCC[C@H]1CC[C@H](C=O)CC1. The summed E-state index contributed by atoms with van der Waals surface area (Å²) in [7, 11) is 0. The van der Waals surface area contributed by atoms with Crippen LogP contribution in [0.4, 0.5) is 0 Å². The summed E-state index contributed by atoms with van der Waals surface area (Å²) in [6.07, 6.45) is 10.1. The number of hydrogen-bond acceptors (Lipinski definition) is 1. The number of aldehydes is 1. The Hall–Kier alpha value is -0.330. The Kier molecular flexibility index (Phi) is 4.34. The molecule has 0 N–H and O–H groups in total. The van der Waals surface area contributed by atoms with Crippen LogP contribution in [0.3, 0.4) is 0 Å². The molecule has 0 saturated heterocycles. The van der Waals surface area contributed by atoms with E-state index in [0.29, 0.717) is 5.92 Å². The summed E-state index contributed by atoms with van der Waals surface area (Å²) in [6, 6.07) is 0. The second-order valence-corrected chi connectivity index (χ2v) is 4.06. The van der Waals surface area contributed by atoms with Crippen LogP contribution in [0.15, 0.2) is 0 Å². The van der Waals surface area contributed by atoms with Gasteiger partial charge in [-0.1, -0.05) is 26.2 Å². The van der Waals surface area contributed by atoms with Crippen molar-refractivity contribution < 1.29 is 4.79 Å². The number of rotatable bonds is 4. The minimum atomic E-state index is 0.392. The van der Waals surface area contributed by atoms with Crippen molar-refractivity contribution in [3.8, 4) is 0 Å². The van der Waals surface area contributed by atoms with E-state index in [1.54, 1.807) is 0 Å². The fourth-order valence-corrected chi connectivity index (χ4v) is 2.11. The minimum absolute atomic E-state index is 0.392. The van der Waals surface area contributed by atoms with Gasteiger partial charge in [-0.25, -0.2) is 0 Å². The summed E-state index contributed by atoms with van der Waals surface area (Å²) < 4.78 is 0. The van der Waals surface area contributed by atoms with Crippen molar-refractivity contribution in [1.29, 1.82) is 0 Å². The van der Waals surface area contributed by atoms with Crippen LogP contribution >= 0.6 is 0 Å². The van der Waals surface area contributed by atoms with Gasteiger partial charge in [-0.05, 0) is 31.6 Å².